The Morgan fingerprint density at radius 2 is 1.45 bits per heavy atom. The van der Waals surface area contributed by atoms with Crippen molar-refractivity contribution >= 4 is 34.8 Å². The smallest absolute Gasteiger partial charge is 0.257 e. The maximum Gasteiger partial charge on any atom is 0.257 e. The number of unbranched alkanes of at least 4 members (excludes halogenated alkanes) is 3. The van der Waals surface area contributed by atoms with E-state index in [9.17, 15) is 9.59 Å². The molecule has 0 atom stereocenters. The maximum absolute atomic E-state index is 12.4. The minimum atomic E-state index is -0.304. The highest BCUT2D eigenvalue weighted by molar-refractivity contribution is 7.80. The van der Waals surface area contributed by atoms with Crippen LogP contribution in [0.4, 0.5) is 5.69 Å². The number of benzene rings is 2. The van der Waals surface area contributed by atoms with Gasteiger partial charge in [0.2, 0.25) is 0 Å². The zero-order chi connectivity index (χ0) is 22.5. The first kappa shape index (κ1) is 24.3. The van der Waals surface area contributed by atoms with Crippen molar-refractivity contribution in [2.45, 2.75) is 46.0 Å². The fraction of sp³-hybridized carbons (Fsp3) is 0.375. The summed E-state index contributed by atoms with van der Waals surface area (Å²) >= 11 is 5.23. The molecular weight excluding hydrogens is 410 g/mol. The van der Waals surface area contributed by atoms with E-state index < -0.39 is 0 Å². The summed E-state index contributed by atoms with van der Waals surface area (Å²) in [5.41, 5.74) is 1.75. The summed E-state index contributed by atoms with van der Waals surface area (Å²) in [4.78, 5) is 24.4. The average Bonchev–Trinajstić information content (AvgIpc) is 2.77. The average molecular weight is 442 g/mol. The molecule has 0 fully saturated rings. The highest BCUT2D eigenvalue weighted by atomic mass is 32.1. The van der Waals surface area contributed by atoms with Crippen LogP contribution in [0.3, 0.4) is 0 Å². The molecule has 0 radical (unpaired) electrons. The number of hydrogen-bond acceptors (Lipinski definition) is 4. The summed E-state index contributed by atoms with van der Waals surface area (Å²) in [6, 6.07) is 13.9. The van der Waals surface area contributed by atoms with E-state index in [1.54, 1.807) is 48.5 Å². The number of carbonyl (C=O) groups excluding carboxylic acids is 2. The van der Waals surface area contributed by atoms with E-state index in [0.717, 1.165) is 37.9 Å². The standard InChI is InChI=1S/C24H31N3O3S/c1-3-5-7-17-30-21-14-10-19(11-15-21)23(29)27-24(31)26-20-12-8-18(9-13-20)22(28)25-16-6-4-2/h8-15H,3-7,16-17H2,1-2H3,(H,25,28)(H2,26,27,29,31). The largest absolute Gasteiger partial charge is 0.494 e. The Hall–Kier alpha value is -2.93. The number of nitrogens with one attached hydrogen (secondary N) is 3. The quantitative estimate of drug-likeness (QED) is 0.341. The van der Waals surface area contributed by atoms with Crippen molar-refractivity contribution in [3.8, 4) is 5.75 Å². The van der Waals surface area contributed by atoms with E-state index in [2.05, 4.69) is 29.8 Å². The minimum Gasteiger partial charge on any atom is -0.494 e. The lowest BCUT2D eigenvalue weighted by atomic mass is 10.2. The Balaban J connectivity index is 1.81. The lowest BCUT2D eigenvalue weighted by Crippen LogP contribution is -2.34. The van der Waals surface area contributed by atoms with Crippen LogP contribution in [-0.4, -0.2) is 30.1 Å². The van der Waals surface area contributed by atoms with Gasteiger partial charge < -0.3 is 15.4 Å². The number of hydrogen-bond donors (Lipinski definition) is 3. The van der Waals surface area contributed by atoms with Crippen LogP contribution in [0.5, 0.6) is 5.75 Å². The van der Waals surface area contributed by atoms with E-state index in [1.807, 2.05) is 0 Å². The van der Waals surface area contributed by atoms with Gasteiger partial charge in [-0.05, 0) is 73.6 Å². The van der Waals surface area contributed by atoms with Crippen molar-refractivity contribution in [1.82, 2.24) is 10.6 Å². The molecule has 0 saturated carbocycles. The normalized spacial score (nSPS) is 10.3. The number of thiocarbonyl (C=S) groups is 1. The highest BCUT2D eigenvalue weighted by Gasteiger charge is 2.09. The third-order valence-electron chi connectivity index (χ3n) is 4.58. The lowest BCUT2D eigenvalue weighted by Gasteiger charge is -2.11. The van der Waals surface area contributed by atoms with Crippen LogP contribution < -0.4 is 20.7 Å². The molecule has 0 spiro atoms. The van der Waals surface area contributed by atoms with E-state index in [0.29, 0.717) is 30.0 Å². The lowest BCUT2D eigenvalue weighted by molar-refractivity contribution is 0.0950. The topological polar surface area (TPSA) is 79.5 Å². The molecule has 31 heavy (non-hydrogen) atoms. The second-order valence-corrected chi connectivity index (χ2v) is 7.58. The van der Waals surface area contributed by atoms with E-state index in [1.165, 1.54) is 0 Å². The van der Waals surface area contributed by atoms with Gasteiger partial charge in [0.25, 0.3) is 11.8 Å². The molecule has 7 heteroatoms. The Morgan fingerprint density at radius 1 is 0.839 bits per heavy atom. The van der Waals surface area contributed by atoms with Crippen LogP contribution in [0, 0.1) is 0 Å². The Bertz CT molecular complexity index is 851. The zero-order valence-electron chi connectivity index (χ0n) is 18.2. The second-order valence-electron chi connectivity index (χ2n) is 7.17. The SMILES string of the molecule is CCCCCOc1ccc(C(=O)NC(=S)Nc2ccc(C(=O)NCCCC)cc2)cc1. The van der Waals surface area contributed by atoms with Crippen molar-refractivity contribution in [3.05, 3.63) is 59.7 Å². The minimum absolute atomic E-state index is 0.103. The molecule has 0 aliphatic heterocycles. The van der Waals surface area contributed by atoms with Gasteiger partial charge in [0.15, 0.2) is 5.11 Å². The van der Waals surface area contributed by atoms with Gasteiger partial charge in [-0.15, -0.1) is 0 Å². The monoisotopic (exact) mass is 441 g/mol. The third kappa shape index (κ3) is 8.76. The molecule has 2 aromatic carbocycles. The Labute approximate surface area is 189 Å². The van der Waals surface area contributed by atoms with Gasteiger partial charge in [0, 0.05) is 23.4 Å². The van der Waals surface area contributed by atoms with Crippen LogP contribution in [0.2, 0.25) is 0 Å². The molecule has 0 unspecified atom stereocenters. The fourth-order valence-electron chi connectivity index (χ4n) is 2.77. The molecule has 0 bridgehead atoms. The molecule has 0 aliphatic rings. The molecule has 2 amide bonds. The van der Waals surface area contributed by atoms with Crippen LogP contribution in [-0.2, 0) is 0 Å². The zero-order valence-corrected chi connectivity index (χ0v) is 19.0. The summed E-state index contributed by atoms with van der Waals surface area (Å²) in [5, 5.41) is 8.67. The van der Waals surface area contributed by atoms with Gasteiger partial charge in [-0.2, -0.15) is 0 Å². The van der Waals surface area contributed by atoms with E-state index in [4.69, 9.17) is 17.0 Å². The first-order valence-electron chi connectivity index (χ1n) is 10.8. The van der Waals surface area contributed by atoms with Gasteiger partial charge >= 0.3 is 0 Å². The predicted octanol–water partition coefficient (Wildman–Crippen LogP) is 4.91. The summed E-state index contributed by atoms with van der Waals surface area (Å²) in [6.45, 7) is 5.56. The van der Waals surface area contributed by atoms with E-state index >= 15 is 0 Å². The van der Waals surface area contributed by atoms with Gasteiger partial charge in [-0.3, -0.25) is 14.9 Å². The predicted molar refractivity (Wildman–Crippen MR) is 129 cm³/mol. The van der Waals surface area contributed by atoms with Crippen molar-refractivity contribution < 1.29 is 14.3 Å². The highest BCUT2D eigenvalue weighted by Crippen LogP contribution is 2.13. The molecule has 6 nitrogen and oxygen atoms in total. The molecule has 2 rings (SSSR count). The molecular formula is C24H31N3O3S. The van der Waals surface area contributed by atoms with Crippen molar-refractivity contribution in [2.75, 3.05) is 18.5 Å². The second kappa shape index (κ2) is 13.4. The molecule has 3 N–H and O–H groups in total. The summed E-state index contributed by atoms with van der Waals surface area (Å²) < 4.78 is 5.66. The van der Waals surface area contributed by atoms with Gasteiger partial charge in [0.1, 0.15) is 5.75 Å². The van der Waals surface area contributed by atoms with Crippen LogP contribution in [0.1, 0.15) is 66.7 Å². The number of rotatable bonds is 11. The molecule has 0 aliphatic carbocycles. The Morgan fingerprint density at radius 3 is 2.10 bits per heavy atom. The number of ether oxygens (including phenoxy) is 1. The summed E-state index contributed by atoms with van der Waals surface area (Å²) in [7, 11) is 0. The molecule has 0 saturated heterocycles. The van der Waals surface area contributed by atoms with Gasteiger partial charge in [-0.1, -0.05) is 33.1 Å². The summed E-state index contributed by atoms with van der Waals surface area (Å²) in [5.74, 6) is 0.336. The third-order valence-corrected chi connectivity index (χ3v) is 4.79. The number of carbonyl (C=O) groups is 2. The molecule has 166 valence electrons. The summed E-state index contributed by atoms with van der Waals surface area (Å²) in [6.07, 6.45) is 5.29. The van der Waals surface area contributed by atoms with Gasteiger partial charge in [-0.25, -0.2) is 0 Å². The van der Waals surface area contributed by atoms with Gasteiger partial charge in [0.05, 0.1) is 6.61 Å². The first-order valence-corrected chi connectivity index (χ1v) is 11.2. The first-order chi connectivity index (χ1) is 15.0. The molecule has 0 heterocycles. The molecule has 2 aromatic rings. The van der Waals surface area contributed by atoms with Crippen molar-refractivity contribution in [3.63, 3.8) is 0 Å². The number of anilines is 1. The fourth-order valence-corrected chi connectivity index (χ4v) is 2.98. The molecule has 0 aromatic heterocycles. The van der Waals surface area contributed by atoms with E-state index in [-0.39, 0.29) is 16.9 Å². The van der Waals surface area contributed by atoms with Crippen LogP contribution in [0.25, 0.3) is 0 Å². The Kier molecular flexibility index (Phi) is 10.5. The number of amides is 2. The van der Waals surface area contributed by atoms with Crippen LogP contribution in [0.15, 0.2) is 48.5 Å². The van der Waals surface area contributed by atoms with Crippen molar-refractivity contribution in [1.29, 1.82) is 0 Å². The van der Waals surface area contributed by atoms with Crippen LogP contribution >= 0.6 is 12.2 Å². The van der Waals surface area contributed by atoms with Crippen molar-refractivity contribution in [2.24, 2.45) is 0 Å². The maximum atomic E-state index is 12.4.